The van der Waals surface area contributed by atoms with Gasteiger partial charge in [-0.25, -0.2) is 0 Å². The van der Waals surface area contributed by atoms with E-state index < -0.39 is 0 Å². The van der Waals surface area contributed by atoms with Crippen LogP contribution in [0.2, 0.25) is 0 Å². The molecule has 0 saturated heterocycles. The van der Waals surface area contributed by atoms with Gasteiger partial charge in [-0.05, 0) is 11.6 Å². The number of benzene rings is 1. The Morgan fingerprint density at radius 1 is 1.33 bits per heavy atom. The average Bonchev–Trinajstić information content (AvgIpc) is 2.59. The number of rotatable bonds is 3. The summed E-state index contributed by atoms with van der Waals surface area (Å²) >= 11 is 5.73. The van der Waals surface area contributed by atoms with Crippen LogP contribution in [0.15, 0.2) is 24.3 Å². The molecule has 76 valence electrons. The van der Waals surface area contributed by atoms with Gasteiger partial charge in [0.2, 0.25) is 0 Å². The highest BCUT2D eigenvalue weighted by molar-refractivity contribution is 6.18. The first-order valence-electron chi connectivity index (χ1n) is 4.88. The molecule has 0 aliphatic carbocycles. The number of halogens is 1. The molecule has 0 saturated carbocycles. The highest BCUT2D eigenvalue weighted by atomic mass is 35.5. The predicted molar refractivity (Wildman–Crippen MR) is 62.0 cm³/mol. The summed E-state index contributed by atoms with van der Waals surface area (Å²) < 4.78 is 0. The van der Waals surface area contributed by atoms with E-state index in [4.69, 9.17) is 16.9 Å². The minimum Gasteiger partial charge on any atom is -0.358 e. The molecule has 0 atom stereocenters. The summed E-state index contributed by atoms with van der Waals surface area (Å²) in [6.07, 6.45) is 1.23. The number of H-pyrrole nitrogens is 1. The molecule has 0 spiro atoms. The van der Waals surface area contributed by atoms with E-state index in [1.165, 1.54) is 0 Å². The van der Waals surface area contributed by atoms with Crippen LogP contribution < -0.4 is 0 Å². The fourth-order valence-corrected chi connectivity index (χ4v) is 2.03. The fraction of sp³-hybridized carbons (Fsp3) is 0.250. The third-order valence-corrected chi connectivity index (χ3v) is 2.69. The van der Waals surface area contributed by atoms with E-state index in [0.717, 1.165) is 28.6 Å². The second-order valence-electron chi connectivity index (χ2n) is 3.40. The third-order valence-electron chi connectivity index (χ3n) is 2.50. The van der Waals surface area contributed by atoms with Crippen LogP contribution in [-0.4, -0.2) is 10.9 Å². The summed E-state index contributed by atoms with van der Waals surface area (Å²) in [5.74, 6) is 0.575. The van der Waals surface area contributed by atoms with Crippen LogP contribution in [0.4, 0.5) is 0 Å². The van der Waals surface area contributed by atoms with Crippen molar-refractivity contribution in [1.29, 1.82) is 5.26 Å². The lowest BCUT2D eigenvalue weighted by molar-refractivity contribution is 1.04. The molecule has 15 heavy (non-hydrogen) atoms. The molecular formula is C12H11ClN2. The van der Waals surface area contributed by atoms with Crippen LogP contribution >= 0.6 is 11.6 Å². The summed E-state index contributed by atoms with van der Waals surface area (Å²) in [5, 5.41) is 9.93. The molecule has 0 aliphatic rings. The lowest BCUT2D eigenvalue weighted by atomic mass is 10.1. The van der Waals surface area contributed by atoms with Gasteiger partial charge >= 0.3 is 0 Å². The highest BCUT2D eigenvalue weighted by Gasteiger charge is 2.09. The summed E-state index contributed by atoms with van der Waals surface area (Å²) in [6.45, 7) is 0. The topological polar surface area (TPSA) is 39.6 Å². The predicted octanol–water partition coefficient (Wildman–Crippen LogP) is 3.02. The Labute approximate surface area is 93.5 Å². The van der Waals surface area contributed by atoms with Crippen molar-refractivity contribution >= 4 is 22.5 Å². The first-order valence-corrected chi connectivity index (χ1v) is 5.41. The van der Waals surface area contributed by atoms with Crippen LogP contribution in [0.5, 0.6) is 0 Å². The summed E-state index contributed by atoms with van der Waals surface area (Å²) in [7, 11) is 0. The van der Waals surface area contributed by atoms with Crippen molar-refractivity contribution in [2.75, 3.05) is 5.88 Å². The second kappa shape index (κ2) is 4.37. The molecule has 1 heterocycles. The molecule has 2 rings (SSSR count). The number of alkyl halides is 1. The zero-order valence-electron chi connectivity index (χ0n) is 8.26. The number of fused-ring (bicyclic) bond motifs is 1. The van der Waals surface area contributed by atoms with Gasteiger partial charge in [0.25, 0.3) is 0 Å². The molecule has 0 bridgehead atoms. The Morgan fingerprint density at radius 2 is 2.13 bits per heavy atom. The molecule has 0 fully saturated rings. The van der Waals surface area contributed by atoms with E-state index in [0.29, 0.717) is 12.3 Å². The van der Waals surface area contributed by atoms with E-state index in [-0.39, 0.29) is 0 Å². The quantitative estimate of drug-likeness (QED) is 0.791. The summed E-state index contributed by atoms with van der Waals surface area (Å²) in [5.41, 5.74) is 3.27. The van der Waals surface area contributed by atoms with Crippen molar-refractivity contribution in [3.8, 4) is 6.07 Å². The standard InChI is InChI=1S/C12H11ClN2/c13-7-5-12-10(6-8-14)9-3-1-2-4-11(9)15-12/h1-4,15H,5-7H2. The van der Waals surface area contributed by atoms with Crippen LogP contribution in [-0.2, 0) is 12.8 Å². The van der Waals surface area contributed by atoms with E-state index >= 15 is 0 Å². The van der Waals surface area contributed by atoms with Crippen LogP contribution in [0.25, 0.3) is 10.9 Å². The number of nitrogens with one attached hydrogen (secondary N) is 1. The van der Waals surface area contributed by atoms with Crippen molar-refractivity contribution in [2.24, 2.45) is 0 Å². The Morgan fingerprint density at radius 3 is 2.87 bits per heavy atom. The van der Waals surface area contributed by atoms with Crippen molar-refractivity contribution < 1.29 is 0 Å². The van der Waals surface area contributed by atoms with E-state index in [1.807, 2.05) is 24.3 Å². The van der Waals surface area contributed by atoms with E-state index in [2.05, 4.69) is 11.1 Å². The first-order chi connectivity index (χ1) is 7.36. The van der Waals surface area contributed by atoms with Crippen LogP contribution in [0.1, 0.15) is 11.3 Å². The molecule has 2 nitrogen and oxygen atoms in total. The smallest absolute Gasteiger partial charge is 0.0670 e. The Bertz CT molecular complexity index is 508. The third kappa shape index (κ3) is 1.84. The maximum absolute atomic E-state index is 8.79. The number of aromatic amines is 1. The number of nitrogens with zero attached hydrogens (tertiary/aromatic N) is 1. The van der Waals surface area contributed by atoms with Gasteiger partial charge in [-0.15, -0.1) is 11.6 Å². The lowest BCUT2D eigenvalue weighted by Crippen LogP contribution is -1.92. The van der Waals surface area contributed by atoms with Gasteiger partial charge in [0.1, 0.15) is 0 Å². The Hall–Kier alpha value is -1.46. The fourth-order valence-electron chi connectivity index (χ4n) is 1.84. The van der Waals surface area contributed by atoms with Gasteiger partial charge in [-0.3, -0.25) is 0 Å². The van der Waals surface area contributed by atoms with Gasteiger partial charge < -0.3 is 4.98 Å². The maximum Gasteiger partial charge on any atom is 0.0670 e. The van der Waals surface area contributed by atoms with Gasteiger partial charge in [-0.2, -0.15) is 5.26 Å². The van der Waals surface area contributed by atoms with Crippen LogP contribution in [0, 0.1) is 11.3 Å². The zero-order valence-corrected chi connectivity index (χ0v) is 9.01. The molecule has 0 aliphatic heterocycles. The Kier molecular flexibility index (Phi) is 2.94. The van der Waals surface area contributed by atoms with Gasteiger partial charge in [0.15, 0.2) is 0 Å². The van der Waals surface area contributed by atoms with Gasteiger partial charge in [0.05, 0.1) is 12.5 Å². The second-order valence-corrected chi connectivity index (χ2v) is 3.78. The molecular weight excluding hydrogens is 208 g/mol. The zero-order chi connectivity index (χ0) is 10.7. The molecule has 0 unspecified atom stereocenters. The van der Waals surface area contributed by atoms with Gasteiger partial charge in [0, 0.05) is 28.9 Å². The Balaban J connectivity index is 2.59. The van der Waals surface area contributed by atoms with E-state index in [1.54, 1.807) is 0 Å². The number of hydrogen-bond donors (Lipinski definition) is 1. The minimum absolute atomic E-state index is 0.441. The molecule has 1 aromatic heterocycles. The lowest BCUT2D eigenvalue weighted by Gasteiger charge is -1.96. The maximum atomic E-state index is 8.79. The molecule has 1 aromatic carbocycles. The summed E-state index contributed by atoms with van der Waals surface area (Å²) in [4.78, 5) is 3.31. The molecule has 0 radical (unpaired) electrons. The number of hydrogen-bond acceptors (Lipinski definition) is 1. The highest BCUT2D eigenvalue weighted by Crippen LogP contribution is 2.23. The molecule has 3 heteroatoms. The minimum atomic E-state index is 0.441. The van der Waals surface area contributed by atoms with Crippen molar-refractivity contribution in [3.63, 3.8) is 0 Å². The summed E-state index contributed by atoms with van der Waals surface area (Å²) in [6, 6.07) is 10.2. The van der Waals surface area contributed by atoms with E-state index in [9.17, 15) is 0 Å². The SMILES string of the molecule is N#CCc1c(CCCl)[nH]c2ccccc12. The molecule has 0 amide bonds. The van der Waals surface area contributed by atoms with Crippen molar-refractivity contribution in [2.45, 2.75) is 12.8 Å². The van der Waals surface area contributed by atoms with Gasteiger partial charge in [-0.1, -0.05) is 18.2 Å². The monoisotopic (exact) mass is 218 g/mol. The average molecular weight is 219 g/mol. The number of aromatic nitrogens is 1. The molecule has 2 aromatic rings. The number of nitriles is 1. The normalized spacial score (nSPS) is 10.4. The molecule has 1 N–H and O–H groups in total. The van der Waals surface area contributed by atoms with Crippen LogP contribution in [0.3, 0.4) is 0 Å². The van der Waals surface area contributed by atoms with Crippen molar-refractivity contribution in [1.82, 2.24) is 4.98 Å². The number of para-hydroxylation sites is 1. The largest absolute Gasteiger partial charge is 0.358 e. The number of aryl methyl sites for hydroxylation is 1. The van der Waals surface area contributed by atoms with Crippen molar-refractivity contribution in [3.05, 3.63) is 35.5 Å². The first kappa shape index (κ1) is 10.1.